The summed E-state index contributed by atoms with van der Waals surface area (Å²) in [7, 11) is -0.472. The Bertz CT molecular complexity index is 604. The average Bonchev–Trinajstić information content (AvgIpc) is 2.11. The van der Waals surface area contributed by atoms with Crippen LogP contribution in [-0.4, -0.2) is 13.5 Å². The lowest BCUT2D eigenvalue weighted by Gasteiger charge is -2.15. The van der Waals surface area contributed by atoms with Crippen LogP contribution in [0.1, 0.15) is 11.1 Å². The molecule has 108 valence electrons. The van der Waals surface area contributed by atoms with E-state index in [1.54, 1.807) is 0 Å². The smallest absolute Gasteiger partial charge is 0.421 e. The molecule has 1 aromatic rings. The van der Waals surface area contributed by atoms with Crippen molar-refractivity contribution in [3.8, 4) is 5.75 Å². The number of phenols is 1. The zero-order chi connectivity index (χ0) is 15.2. The zero-order valence-electron chi connectivity index (χ0n) is 8.47. The zero-order valence-corrected chi connectivity index (χ0v) is 10.0. The minimum atomic E-state index is -5.38. The monoisotopic (exact) mass is 328 g/mol. The first-order valence-corrected chi connectivity index (χ1v) is 6.51. The fraction of sp³-hybridized carbons (Fsp3) is 0.250. The molecule has 1 N–H and O–H groups in total. The van der Waals surface area contributed by atoms with Crippen molar-refractivity contribution in [3.05, 3.63) is 23.3 Å². The standard InChI is InChI=1S/C8H3ClF6O3S/c9-19(17,18)5-2-3(7(10,11)12)1-4(16)6(5)8(13,14)15/h1-2,16H. The molecule has 0 saturated carbocycles. The van der Waals surface area contributed by atoms with Gasteiger partial charge in [0.25, 0.3) is 9.05 Å². The second kappa shape index (κ2) is 4.44. The molecule has 0 fully saturated rings. The van der Waals surface area contributed by atoms with Gasteiger partial charge in [-0.1, -0.05) is 0 Å². The van der Waals surface area contributed by atoms with Crippen LogP contribution in [0.2, 0.25) is 0 Å². The van der Waals surface area contributed by atoms with Gasteiger partial charge in [0.1, 0.15) is 11.3 Å². The SMILES string of the molecule is O=S(=O)(Cl)c1cc(C(F)(F)F)cc(O)c1C(F)(F)F. The number of benzene rings is 1. The third-order valence-corrected chi connectivity index (χ3v) is 3.30. The van der Waals surface area contributed by atoms with Gasteiger partial charge < -0.3 is 5.11 Å². The van der Waals surface area contributed by atoms with E-state index in [4.69, 9.17) is 5.11 Å². The molecule has 0 spiro atoms. The highest BCUT2D eigenvalue weighted by Gasteiger charge is 2.43. The van der Waals surface area contributed by atoms with Gasteiger partial charge in [0.05, 0.1) is 10.5 Å². The molecule has 0 unspecified atom stereocenters. The summed E-state index contributed by atoms with van der Waals surface area (Å²) in [6.07, 6.45) is -10.5. The molecule has 0 atom stereocenters. The van der Waals surface area contributed by atoms with Crippen molar-refractivity contribution in [3.63, 3.8) is 0 Å². The first-order valence-electron chi connectivity index (χ1n) is 4.20. The highest BCUT2D eigenvalue weighted by molar-refractivity contribution is 8.13. The number of aromatic hydroxyl groups is 1. The predicted octanol–water partition coefficient (Wildman–Crippen LogP) is 3.36. The van der Waals surface area contributed by atoms with Crippen LogP contribution in [0, 0.1) is 0 Å². The maximum Gasteiger partial charge on any atom is 0.421 e. The van der Waals surface area contributed by atoms with Crippen LogP contribution < -0.4 is 0 Å². The molecular weight excluding hydrogens is 326 g/mol. The maximum atomic E-state index is 12.5. The fourth-order valence-corrected chi connectivity index (χ4v) is 2.34. The van der Waals surface area contributed by atoms with Crippen molar-refractivity contribution >= 4 is 19.7 Å². The maximum absolute atomic E-state index is 12.5. The van der Waals surface area contributed by atoms with E-state index in [2.05, 4.69) is 10.7 Å². The molecule has 3 nitrogen and oxygen atoms in total. The van der Waals surface area contributed by atoms with E-state index in [9.17, 15) is 34.8 Å². The minimum Gasteiger partial charge on any atom is -0.507 e. The molecular formula is C8H3ClF6O3S. The number of phenolic OH excluding ortho intramolecular Hbond substituents is 1. The van der Waals surface area contributed by atoms with Crippen molar-refractivity contribution in [2.24, 2.45) is 0 Å². The Morgan fingerprint density at radius 2 is 1.47 bits per heavy atom. The van der Waals surface area contributed by atoms with Crippen LogP contribution in [0.25, 0.3) is 0 Å². The Hall–Kier alpha value is -1.16. The summed E-state index contributed by atoms with van der Waals surface area (Å²) in [6, 6.07) is -0.515. The summed E-state index contributed by atoms with van der Waals surface area (Å²) >= 11 is 0. The average molecular weight is 329 g/mol. The Morgan fingerprint density at radius 3 is 1.79 bits per heavy atom. The van der Waals surface area contributed by atoms with Gasteiger partial charge in [0, 0.05) is 10.7 Å². The van der Waals surface area contributed by atoms with Crippen LogP contribution in [0.3, 0.4) is 0 Å². The predicted molar refractivity (Wildman–Crippen MR) is 51.1 cm³/mol. The molecule has 0 aromatic heterocycles. The van der Waals surface area contributed by atoms with Crippen molar-refractivity contribution in [2.75, 3.05) is 0 Å². The largest absolute Gasteiger partial charge is 0.507 e. The highest BCUT2D eigenvalue weighted by Crippen LogP contribution is 2.44. The van der Waals surface area contributed by atoms with Gasteiger partial charge in [0.2, 0.25) is 0 Å². The van der Waals surface area contributed by atoms with E-state index >= 15 is 0 Å². The summed E-state index contributed by atoms with van der Waals surface area (Å²) in [5, 5.41) is 8.99. The molecule has 0 heterocycles. The summed E-state index contributed by atoms with van der Waals surface area (Å²) < 4.78 is 96.4. The van der Waals surface area contributed by atoms with Gasteiger partial charge >= 0.3 is 12.4 Å². The fourth-order valence-electron chi connectivity index (χ4n) is 1.24. The van der Waals surface area contributed by atoms with Gasteiger partial charge in [-0.15, -0.1) is 0 Å². The van der Waals surface area contributed by atoms with Crippen LogP contribution in [0.15, 0.2) is 17.0 Å². The number of hydrogen-bond donors (Lipinski definition) is 1. The third kappa shape index (κ3) is 3.44. The Kier molecular flexibility index (Phi) is 3.72. The lowest BCUT2D eigenvalue weighted by atomic mass is 10.1. The van der Waals surface area contributed by atoms with E-state index < -0.39 is 43.2 Å². The molecule has 0 bridgehead atoms. The molecule has 0 aliphatic rings. The molecule has 0 radical (unpaired) electrons. The van der Waals surface area contributed by atoms with Gasteiger partial charge in [-0.2, -0.15) is 26.3 Å². The van der Waals surface area contributed by atoms with Crippen molar-refractivity contribution in [1.82, 2.24) is 0 Å². The molecule has 0 amide bonds. The van der Waals surface area contributed by atoms with Crippen LogP contribution >= 0.6 is 10.7 Å². The second-order valence-electron chi connectivity index (χ2n) is 3.30. The number of alkyl halides is 6. The summed E-state index contributed by atoms with van der Waals surface area (Å²) in [6.45, 7) is 0. The van der Waals surface area contributed by atoms with Gasteiger partial charge in [0.15, 0.2) is 0 Å². The number of rotatable bonds is 1. The normalized spacial score (nSPS) is 13.6. The molecule has 1 aromatic carbocycles. The van der Waals surface area contributed by atoms with Crippen molar-refractivity contribution in [2.45, 2.75) is 17.2 Å². The quantitative estimate of drug-likeness (QED) is 0.635. The van der Waals surface area contributed by atoms with Crippen molar-refractivity contribution in [1.29, 1.82) is 0 Å². The first kappa shape index (κ1) is 15.9. The lowest BCUT2D eigenvalue weighted by molar-refractivity contribution is -0.144. The van der Waals surface area contributed by atoms with Crippen LogP contribution in [0.5, 0.6) is 5.75 Å². The topological polar surface area (TPSA) is 54.4 Å². The van der Waals surface area contributed by atoms with Gasteiger partial charge in [-0.05, 0) is 12.1 Å². The van der Waals surface area contributed by atoms with E-state index in [1.807, 2.05) is 0 Å². The summed E-state index contributed by atoms with van der Waals surface area (Å²) in [5.41, 5.74) is -3.91. The second-order valence-corrected chi connectivity index (χ2v) is 5.84. The molecule has 11 heteroatoms. The van der Waals surface area contributed by atoms with Gasteiger partial charge in [-0.25, -0.2) is 8.42 Å². The molecule has 0 aliphatic carbocycles. The van der Waals surface area contributed by atoms with Gasteiger partial charge in [-0.3, -0.25) is 0 Å². The van der Waals surface area contributed by atoms with Crippen LogP contribution in [0.4, 0.5) is 26.3 Å². The van der Waals surface area contributed by atoms with E-state index in [0.29, 0.717) is 0 Å². The molecule has 1 rings (SSSR count). The summed E-state index contributed by atoms with van der Waals surface area (Å²) in [4.78, 5) is -1.85. The highest BCUT2D eigenvalue weighted by atomic mass is 35.7. The third-order valence-electron chi connectivity index (χ3n) is 1.95. The first-order chi connectivity index (χ1) is 8.24. The van der Waals surface area contributed by atoms with E-state index in [0.717, 1.165) is 0 Å². The minimum absolute atomic E-state index is 0.228. The lowest BCUT2D eigenvalue weighted by Crippen LogP contribution is -2.14. The Labute approximate surface area is 106 Å². The van der Waals surface area contributed by atoms with Crippen LogP contribution in [-0.2, 0) is 21.4 Å². The Morgan fingerprint density at radius 1 is 1.00 bits per heavy atom. The Balaban J connectivity index is 3.79. The number of halogens is 7. The van der Waals surface area contributed by atoms with E-state index in [-0.39, 0.29) is 12.1 Å². The summed E-state index contributed by atoms with van der Waals surface area (Å²) in [5.74, 6) is -1.87. The number of hydrogen-bond acceptors (Lipinski definition) is 3. The molecule has 0 aliphatic heterocycles. The molecule has 19 heavy (non-hydrogen) atoms. The van der Waals surface area contributed by atoms with Crippen molar-refractivity contribution < 1.29 is 39.9 Å². The van der Waals surface area contributed by atoms with E-state index in [1.165, 1.54) is 0 Å². The molecule has 0 saturated heterocycles.